The lowest BCUT2D eigenvalue weighted by molar-refractivity contribution is 0.277. The van der Waals surface area contributed by atoms with E-state index in [1.165, 1.54) is 24.0 Å². The largest absolute Gasteiger partial charge is 0.492 e. The van der Waals surface area contributed by atoms with Gasteiger partial charge in [-0.05, 0) is 69.3 Å². The Hall–Kier alpha value is -1.11. The first kappa shape index (κ1) is 16.7. The minimum absolute atomic E-state index is 0.0378. The molecule has 2 N–H and O–H groups in total. The van der Waals surface area contributed by atoms with Crippen LogP contribution >= 0.6 is 0 Å². The summed E-state index contributed by atoms with van der Waals surface area (Å²) in [5, 5.41) is 3.02. The molecule has 1 saturated heterocycles. The van der Waals surface area contributed by atoms with Gasteiger partial charge in [0.2, 0.25) is 10.0 Å². The average Bonchev–Trinajstić information content (AvgIpc) is 3.12. The Labute approximate surface area is 138 Å². The SMILES string of the molecule is CC(C)S(=O)(=O)NC1Cc2ccc(OCC3CCCN3)cc2C1. The Morgan fingerprint density at radius 3 is 2.78 bits per heavy atom. The number of nitrogens with one attached hydrogen (secondary N) is 2. The predicted molar refractivity (Wildman–Crippen MR) is 91.3 cm³/mol. The fraction of sp³-hybridized carbons (Fsp3) is 0.647. The van der Waals surface area contributed by atoms with E-state index in [2.05, 4.69) is 22.2 Å². The summed E-state index contributed by atoms with van der Waals surface area (Å²) in [6.45, 7) is 5.18. The van der Waals surface area contributed by atoms with Gasteiger partial charge >= 0.3 is 0 Å². The molecular formula is C17H26N2O3S. The highest BCUT2D eigenvalue weighted by Crippen LogP contribution is 2.27. The van der Waals surface area contributed by atoms with Crippen molar-refractivity contribution in [1.29, 1.82) is 0 Å². The standard InChI is InChI=1S/C17H26N2O3S/c1-12(2)23(20,21)19-16-8-13-5-6-17(10-14(13)9-16)22-11-15-4-3-7-18-15/h5-6,10,12,15-16,18-19H,3-4,7-9,11H2,1-2H3. The molecule has 0 radical (unpaired) electrons. The molecule has 1 aliphatic carbocycles. The summed E-state index contributed by atoms with van der Waals surface area (Å²) < 4.78 is 32.7. The van der Waals surface area contributed by atoms with Crippen molar-refractivity contribution in [3.8, 4) is 5.75 Å². The van der Waals surface area contributed by atoms with Crippen LogP contribution in [-0.2, 0) is 22.9 Å². The van der Waals surface area contributed by atoms with Crippen LogP contribution in [0, 0.1) is 0 Å². The number of rotatable bonds is 6. The zero-order valence-electron chi connectivity index (χ0n) is 13.8. The minimum atomic E-state index is -3.22. The van der Waals surface area contributed by atoms with Crippen molar-refractivity contribution in [3.05, 3.63) is 29.3 Å². The second kappa shape index (κ2) is 6.79. The van der Waals surface area contributed by atoms with Crippen LogP contribution < -0.4 is 14.8 Å². The third kappa shape index (κ3) is 4.05. The zero-order chi connectivity index (χ0) is 16.4. The molecular weight excluding hydrogens is 312 g/mol. The van der Waals surface area contributed by atoms with Gasteiger partial charge in [-0.1, -0.05) is 6.07 Å². The highest BCUT2D eigenvalue weighted by Gasteiger charge is 2.27. The van der Waals surface area contributed by atoms with E-state index in [-0.39, 0.29) is 6.04 Å². The molecule has 1 aromatic rings. The first-order chi connectivity index (χ1) is 10.9. The second-order valence-corrected chi connectivity index (χ2v) is 9.12. The van der Waals surface area contributed by atoms with E-state index >= 15 is 0 Å². The molecule has 0 saturated carbocycles. The number of sulfonamides is 1. The first-order valence-corrected chi connectivity index (χ1v) is 9.98. The summed E-state index contributed by atoms with van der Waals surface area (Å²) in [6, 6.07) is 6.54. The summed E-state index contributed by atoms with van der Waals surface area (Å²) >= 11 is 0. The molecule has 0 aromatic heterocycles. The van der Waals surface area contributed by atoms with Crippen molar-refractivity contribution >= 4 is 10.0 Å². The smallest absolute Gasteiger partial charge is 0.214 e. The molecule has 128 valence electrons. The van der Waals surface area contributed by atoms with Gasteiger partial charge in [0.15, 0.2) is 0 Å². The van der Waals surface area contributed by atoms with Crippen molar-refractivity contribution in [1.82, 2.24) is 10.0 Å². The van der Waals surface area contributed by atoms with Crippen LogP contribution in [0.2, 0.25) is 0 Å². The number of benzene rings is 1. The second-order valence-electron chi connectivity index (χ2n) is 6.85. The van der Waals surface area contributed by atoms with Gasteiger partial charge in [0.05, 0.1) is 5.25 Å². The van der Waals surface area contributed by atoms with Gasteiger partial charge in [0.1, 0.15) is 12.4 Å². The zero-order valence-corrected chi connectivity index (χ0v) is 14.7. The summed E-state index contributed by atoms with van der Waals surface area (Å²) in [7, 11) is -3.22. The third-order valence-corrected chi connectivity index (χ3v) is 6.58. The quantitative estimate of drug-likeness (QED) is 0.827. The fourth-order valence-corrected chi connectivity index (χ4v) is 4.14. The molecule has 0 bridgehead atoms. The number of ether oxygens (including phenoxy) is 1. The average molecular weight is 338 g/mol. The summed E-state index contributed by atoms with van der Waals surface area (Å²) in [6.07, 6.45) is 3.88. The van der Waals surface area contributed by atoms with E-state index < -0.39 is 15.3 Å². The molecule has 5 nitrogen and oxygen atoms in total. The normalized spacial score (nSPS) is 24.1. The van der Waals surface area contributed by atoms with Crippen molar-refractivity contribution in [3.63, 3.8) is 0 Å². The first-order valence-electron chi connectivity index (χ1n) is 8.43. The van der Waals surface area contributed by atoms with Crippen LogP contribution in [0.1, 0.15) is 37.8 Å². The Bertz CT molecular complexity index is 652. The van der Waals surface area contributed by atoms with E-state index in [0.717, 1.165) is 25.1 Å². The molecule has 1 aromatic carbocycles. The van der Waals surface area contributed by atoms with E-state index in [9.17, 15) is 8.42 Å². The van der Waals surface area contributed by atoms with E-state index in [0.29, 0.717) is 12.6 Å². The molecule has 6 heteroatoms. The van der Waals surface area contributed by atoms with Crippen molar-refractivity contribution in [2.75, 3.05) is 13.2 Å². The van der Waals surface area contributed by atoms with Crippen LogP contribution in [0.5, 0.6) is 5.75 Å². The topological polar surface area (TPSA) is 67.4 Å². The van der Waals surface area contributed by atoms with Crippen LogP contribution in [0.3, 0.4) is 0 Å². The van der Waals surface area contributed by atoms with Crippen LogP contribution in [0.25, 0.3) is 0 Å². The molecule has 1 fully saturated rings. The van der Waals surface area contributed by atoms with Gasteiger partial charge in [0.25, 0.3) is 0 Å². The number of fused-ring (bicyclic) bond motifs is 1. The fourth-order valence-electron chi connectivity index (χ4n) is 3.23. The van der Waals surface area contributed by atoms with Gasteiger partial charge in [-0.25, -0.2) is 13.1 Å². The molecule has 1 heterocycles. The van der Waals surface area contributed by atoms with Crippen LogP contribution in [0.4, 0.5) is 0 Å². The Morgan fingerprint density at radius 2 is 2.09 bits per heavy atom. The molecule has 0 amide bonds. The minimum Gasteiger partial charge on any atom is -0.492 e. The van der Waals surface area contributed by atoms with Crippen molar-refractivity contribution in [2.45, 2.75) is 56.9 Å². The molecule has 2 unspecified atom stereocenters. The summed E-state index contributed by atoms with van der Waals surface area (Å²) in [4.78, 5) is 0. The lowest BCUT2D eigenvalue weighted by Crippen LogP contribution is -2.39. The lowest BCUT2D eigenvalue weighted by Gasteiger charge is -2.14. The summed E-state index contributed by atoms with van der Waals surface area (Å²) in [5.74, 6) is 0.879. The number of hydrogen-bond acceptors (Lipinski definition) is 4. The van der Waals surface area contributed by atoms with Crippen LogP contribution in [-0.4, -0.2) is 38.9 Å². The molecule has 2 atom stereocenters. The predicted octanol–water partition coefficient (Wildman–Crippen LogP) is 1.61. The maximum Gasteiger partial charge on any atom is 0.214 e. The monoisotopic (exact) mass is 338 g/mol. The van der Waals surface area contributed by atoms with E-state index in [1.54, 1.807) is 13.8 Å². The van der Waals surface area contributed by atoms with Crippen LogP contribution in [0.15, 0.2) is 18.2 Å². The highest BCUT2D eigenvalue weighted by molar-refractivity contribution is 7.90. The van der Waals surface area contributed by atoms with Gasteiger partial charge in [-0.15, -0.1) is 0 Å². The Kier molecular flexibility index (Phi) is 4.94. The van der Waals surface area contributed by atoms with Gasteiger partial charge in [-0.2, -0.15) is 0 Å². The lowest BCUT2D eigenvalue weighted by atomic mass is 10.1. The maximum absolute atomic E-state index is 12.0. The summed E-state index contributed by atoms with van der Waals surface area (Å²) in [5.41, 5.74) is 2.41. The van der Waals surface area contributed by atoms with Gasteiger partial charge in [-0.3, -0.25) is 0 Å². The third-order valence-electron chi connectivity index (χ3n) is 4.68. The molecule has 3 rings (SSSR count). The van der Waals surface area contributed by atoms with E-state index in [1.807, 2.05) is 6.07 Å². The van der Waals surface area contributed by atoms with Gasteiger partial charge < -0.3 is 10.1 Å². The Balaban J connectivity index is 1.59. The number of hydrogen-bond donors (Lipinski definition) is 2. The maximum atomic E-state index is 12.0. The van der Waals surface area contributed by atoms with Crippen molar-refractivity contribution < 1.29 is 13.2 Å². The molecule has 1 aliphatic heterocycles. The Morgan fingerprint density at radius 1 is 1.30 bits per heavy atom. The molecule has 2 aliphatic rings. The molecule has 0 spiro atoms. The van der Waals surface area contributed by atoms with Gasteiger partial charge in [0, 0.05) is 12.1 Å². The highest BCUT2D eigenvalue weighted by atomic mass is 32.2. The van der Waals surface area contributed by atoms with E-state index in [4.69, 9.17) is 4.74 Å². The van der Waals surface area contributed by atoms with Crippen molar-refractivity contribution in [2.24, 2.45) is 0 Å². The molecule has 23 heavy (non-hydrogen) atoms.